The van der Waals surface area contributed by atoms with Gasteiger partial charge in [0.1, 0.15) is 23.3 Å². The number of amides is 1. The van der Waals surface area contributed by atoms with E-state index in [4.69, 9.17) is 9.47 Å². The number of aryl methyl sites for hydroxylation is 2. The Morgan fingerprint density at radius 2 is 1.81 bits per heavy atom. The van der Waals surface area contributed by atoms with Crippen molar-refractivity contribution in [3.63, 3.8) is 0 Å². The van der Waals surface area contributed by atoms with Gasteiger partial charge < -0.3 is 14.4 Å². The largest absolute Gasteiger partial charge is 0.455 e. The molecular formula is C29H34FNO5S. The molecule has 6 nitrogen and oxygen atoms in total. The van der Waals surface area contributed by atoms with Crippen LogP contribution >= 0.6 is 11.8 Å². The number of carbonyl (C=O) groups excluding carboxylic acids is 3. The maximum Gasteiger partial charge on any atom is 0.410 e. The van der Waals surface area contributed by atoms with E-state index in [9.17, 15) is 18.8 Å². The van der Waals surface area contributed by atoms with Gasteiger partial charge in [-0.2, -0.15) is 0 Å². The minimum atomic E-state index is -0.564. The molecule has 2 aliphatic heterocycles. The van der Waals surface area contributed by atoms with Gasteiger partial charge in [-0.15, -0.1) is 11.8 Å². The van der Waals surface area contributed by atoms with E-state index in [1.165, 1.54) is 17.0 Å². The predicted molar refractivity (Wildman–Crippen MR) is 141 cm³/mol. The minimum Gasteiger partial charge on any atom is -0.455 e. The molecule has 2 aliphatic rings. The fourth-order valence-corrected chi connectivity index (χ4v) is 5.91. The van der Waals surface area contributed by atoms with Gasteiger partial charge in [-0.05, 0) is 87.9 Å². The molecule has 0 aliphatic carbocycles. The number of hydrogen-bond donors (Lipinski definition) is 0. The molecule has 0 radical (unpaired) electrons. The summed E-state index contributed by atoms with van der Waals surface area (Å²) in [5.41, 5.74) is 3.04. The minimum absolute atomic E-state index is 0.0353. The van der Waals surface area contributed by atoms with Gasteiger partial charge in [0.2, 0.25) is 0 Å². The van der Waals surface area contributed by atoms with Crippen molar-refractivity contribution in [3.05, 3.63) is 70.5 Å². The third kappa shape index (κ3) is 7.12. The highest BCUT2D eigenvalue weighted by Crippen LogP contribution is 2.41. The Labute approximate surface area is 221 Å². The summed E-state index contributed by atoms with van der Waals surface area (Å²) in [4.78, 5) is 38.8. The number of ketones is 1. The van der Waals surface area contributed by atoms with E-state index in [1.54, 1.807) is 30.0 Å². The third-order valence-electron chi connectivity index (χ3n) is 6.74. The molecule has 37 heavy (non-hydrogen) atoms. The molecule has 0 saturated carbocycles. The zero-order chi connectivity index (χ0) is 26.7. The summed E-state index contributed by atoms with van der Waals surface area (Å²) in [6.07, 6.45) is 1.49. The zero-order valence-corrected chi connectivity index (χ0v) is 22.6. The summed E-state index contributed by atoms with van der Waals surface area (Å²) in [5, 5.41) is 0.194. The number of Topliss-reactive ketones (excluding diaryl/α,β-unsaturated/α-hetero) is 1. The van der Waals surface area contributed by atoms with Gasteiger partial charge in [0.05, 0.1) is 24.4 Å². The van der Waals surface area contributed by atoms with E-state index in [-0.39, 0.29) is 28.9 Å². The number of likely N-dealkylation sites (tertiary alicyclic amines) is 1. The number of hydrogen-bond acceptors (Lipinski definition) is 6. The predicted octanol–water partition coefficient (Wildman–Crippen LogP) is 5.91. The van der Waals surface area contributed by atoms with Gasteiger partial charge >= 0.3 is 12.1 Å². The first-order valence-electron chi connectivity index (χ1n) is 12.7. The van der Waals surface area contributed by atoms with Crippen LogP contribution in [0.1, 0.15) is 65.9 Å². The van der Waals surface area contributed by atoms with E-state index in [0.29, 0.717) is 24.4 Å². The Kier molecular flexibility index (Phi) is 8.26. The lowest BCUT2D eigenvalue weighted by atomic mass is 9.88. The normalized spacial score (nSPS) is 20.4. The summed E-state index contributed by atoms with van der Waals surface area (Å²) in [5.74, 6) is 0.0396. The van der Waals surface area contributed by atoms with Gasteiger partial charge in [0, 0.05) is 11.2 Å². The Balaban J connectivity index is 1.27. The van der Waals surface area contributed by atoms with Crippen molar-refractivity contribution in [1.82, 2.24) is 4.90 Å². The van der Waals surface area contributed by atoms with Gasteiger partial charge in [-0.1, -0.05) is 18.2 Å². The first kappa shape index (κ1) is 27.2. The number of thioether (sulfide) groups is 1. The summed E-state index contributed by atoms with van der Waals surface area (Å²) in [6.45, 7) is 8.04. The fraction of sp³-hybridized carbons (Fsp3) is 0.483. The van der Waals surface area contributed by atoms with Gasteiger partial charge in [0.15, 0.2) is 0 Å². The fourth-order valence-electron chi connectivity index (χ4n) is 4.59. The van der Waals surface area contributed by atoms with Crippen molar-refractivity contribution in [3.8, 4) is 0 Å². The van der Waals surface area contributed by atoms with Gasteiger partial charge in [0.25, 0.3) is 0 Å². The van der Waals surface area contributed by atoms with Crippen LogP contribution in [-0.4, -0.2) is 53.3 Å². The maximum atomic E-state index is 13.3. The average Bonchev–Trinajstić information content (AvgIpc) is 2.80. The smallest absolute Gasteiger partial charge is 0.410 e. The van der Waals surface area contributed by atoms with Crippen molar-refractivity contribution in [2.75, 3.05) is 18.8 Å². The van der Waals surface area contributed by atoms with Crippen LogP contribution in [-0.2, 0) is 20.7 Å². The van der Waals surface area contributed by atoms with Crippen molar-refractivity contribution >= 4 is 29.6 Å². The summed E-state index contributed by atoms with van der Waals surface area (Å²) < 4.78 is 24.2. The quantitative estimate of drug-likeness (QED) is 0.435. The van der Waals surface area contributed by atoms with Crippen molar-refractivity contribution < 1.29 is 28.2 Å². The molecule has 1 amide bonds. The highest BCUT2D eigenvalue weighted by Gasteiger charge is 2.36. The Morgan fingerprint density at radius 1 is 1.11 bits per heavy atom. The van der Waals surface area contributed by atoms with Gasteiger partial charge in [-0.3, -0.25) is 4.79 Å². The molecule has 0 spiro atoms. The SMILES string of the molecule is Cc1cc(C(=O)OC2CN(C(=O)OC(C)(C)C)C2)ccc1CCC1CC(c2ccc(F)cc2)SCC1=O. The molecule has 0 N–H and O–H groups in total. The van der Waals surface area contributed by atoms with Crippen LogP contribution in [0.15, 0.2) is 42.5 Å². The number of halogens is 1. The molecule has 2 fully saturated rings. The van der Waals surface area contributed by atoms with Crippen LogP contribution in [0.3, 0.4) is 0 Å². The topological polar surface area (TPSA) is 72.9 Å². The zero-order valence-electron chi connectivity index (χ0n) is 21.8. The molecule has 2 atom stereocenters. The van der Waals surface area contributed by atoms with Crippen LogP contribution in [0.2, 0.25) is 0 Å². The first-order valence-corrected chi connectivity index (χ1v) is 13.7. The molecular weight excluding hydrogens is 493 g/mol. The second-order valence-corrected chi connectivity index (χ2v) is 12.0. The first-order chi connectivity index (χ1) is 17.5. The van der Waals surface area contributed by atoms with E-state index in [0.717, 1.165) is 36.0 Å². The van der Waals surface area contributed by atoms with E-state index < -0.39 is 17.7 Å². The second kappa shape index (κ2) is 11.3. The van der Waals surface area contributed by atoms with E-state index in [1.807, 2.05) is 39.8 Å². The average molecular weight is 528 g/mol. The highest BCUT2D eigenvalue weighted by molar-refractivity contribution is 8.00. The molecule has 2 heterocycles. The molecule has 198 valence electrons. The van der Waals surface area contributed by atoms with Gasteiger partial charge in [-0.25, -0.2) is 14.0 Å². The number of rotatable bonds is 6. The number of esters is 1. The lowest BCUT2D eigenvalue weighted by Crippen LogP contribution is -2.56. The Bertz CT molecular complexity index is 1150. The molecule has 4 rings (SSSR count). The van der Waals surface area contributed by atoms with E-state index in [2.05, 4.69) is 0 Å². The van der Waals surface area contributed by atoms with Crippen LogP contribution in [0.25, 0.3) is 0 Å². The van der Waals surface area contributed by atoms with E-state index >= 15 is 0 Å². The molecule has 2 saturated heterocycles. The molecule has 8 heteroatoms. The molecule has 2 aromatic rings. The Morgan fingerprint density at radius 3 is 2.46 bits per heavy atom. The molecule has 0 aromatic heterocycles. The Hall–Kier alpha value is -2.87. The van der Waals surface area contributed by atoms with Crippen LogP contribution in [0, 0.1) is 18.7 Å². The standard InChI is InChI=1S/C29H34FNO5S/c1-18-13-22(27(33)35-24-15-31(16-24)28(34)36-29(2,3)4)8-6-19(18)5-7-21-14-26(37-17-25(21)32)20-9-11-23(30)12-10-20/h6,8-13,21,24,26H,5,7,14-17H2,1-4H3. The molecule has 2 unspecified atom stereocenters. The lowest BCUT2D eigenvalue weighted by molar-refractivity contribution is -0.121. The second-order valence-electron chi connectivity index (χ2n) is 10.8. The monoisotopic (exact) mass is 527 g/mol. The number of ether oxygens (including phenoxy) is 2. The summed E-state index contributed by atoms with van der Waals surface area (Å²) >= 11 is 1.63. The van der Waals surface area contributed by atoms with Crippen LogP contribution in [0.5, 0.6) is 0 Å². The van der Waals surface area contributed by atoms with Crippen LogP contribution < -0.4 is 0 Å². The summed E-state index contributed by atoms with van der Waals surface area (Å²) in [6, 6.07) is 12.1. The van der Waals surface area contributed by atoms with Crippen molar-refractivity contribution in [2.45, 2.75) is 63.9 Å². The number of nitrogens with zero attached hydrogens (tertiary/aromatic N) is 1. The summed E-state index contributed by atoms with van der Waals surface area (Å²) in [7, 11) is 0. The third-order valence-corrected chi connectivity index (χ3v) is 8.05. The lowest BCUT2D eigenvalue weighted by Gasteiger charge is -2.38. The highest BCUT2D eigenvalue weighted by atomic mass is 32.2. The molecule has 2 aromatic carbocycles. The number of benzene rings is 2. The maximum absolute atomic E-state index is 13.3. The van der Waals surface area contributed by atoms with Crippen LogP contribution in [0.4, 0.5) is 9.18 Å². The van der Waals surface area contributed by atoms with Crippen molar-refractivity contribution in [1.29, 1.82) is 0 Å². The van der Waals surface area contributed by atoms with Crippen molar-refractivity contribution in [2.24, 2.45) is 5.92 Å². The molecule has 0 bridgehead atoms. The number of carbonyl (C=O) groups is 3.